The van der Waals surface area contributed by atoms with Crippen LogP contribution in [0.15, 0.2) is 57.8 Å². The minimum Gasteiger partial charge on any atom is -0.508 e. The lowest BCUT2D eigenvalue weighted by Gasteiger charge is -2.34. The number of hydrogen-bond donors (Lipinski definition) is 1. The number of carbonyl (C=O) groups is 1. The third-order valence-electron chi connectivity index (χ3n) is 6.68. The van der Waals surface area contributed by atoms with Crippen LogP contribution in [0.1, 0.15) is 45.5 Å². The number of alkyl halides is 3. The molecule has 1 aliphatic heterocycles. The number of carbonyl (C=O) groups excluding carboxylic acids is 1. The van der Waals surface area contributed by atoms with Gasteiger partial charge in [0.15, 0.2) is 0 Å². The van der Waals surface area contributed by atoms with Crippen LogP contribution in [0.3, 0.4) is 0 Å². The number of benzene rings is 2. The van der Waals surface area contributed by atoms with E-state index in [0.29, 0.717) is 22.6 Å². The first kappa shape index (κ1) is 26.7. The molecule has 202 valence electrons. The Bertz CT molecular complexity index is 1660. The summed E-state index contributed by atoms with van der Waals surface area (Å²) in [6, 6.07) is 10.8. The molecular weight excluding hydrogens is 579 g/mol. The Morgan fingerprint density at radius 2 is 1.79 bits per heavy atom. The lowest BCUT2D eigenvalue weighted by Crippen LogP contribution is -2.46. The highest BCUT2D eigenvalue weighted by Gasteiger charge is 2.36. The molecule has 39 heavy (non-hydrogen) atoms. The first-order chi connectivity index (χ1) is 18.3. The number of phenolic OH excluding ortho intramolecular Hbond substituents is 1. The van der Waals surface area contributed by atoms with Crippen LogP contribution in [0.2, 0.25) is 0 Å². The molecule has 1 amide bonds. The number of aryl methyl sites for hydroxylation is 2. The Labute approximate surface area is 229 Å². The van der Waals surface area contributed by atoms with Gasteiger partial charge in [-0.05, 0) is 75.7 Å². The number of aromatic hydroxyl groups is 1. The lowest BCUT2D eigenvalue weighted by atomic mass is 9.98. The summed E-state index contributed by atoms with van der Waals surface area (Å²) >= 11 is 2.91. The summed E-state index contributed by atoms with van der Waals surface area (Å²) in [4.78, 5) is 33.5. The van der Waals surface area contributed by atoms with Gasteiger partial charge in [-0.25, -0.2) is 14.2 Å². The molecular formula is C27H23BrF3N5O3. The Kier molecular flexibility index (Phi) is 6.61. The van der Waals surface area contributed by atoms with Crippen molar-refractivity contribution in [3.05, 3.63) is 97.1 Å². The smallest absolute Gasteiger partial charge is 0.417 e. The number of halogens is 4. The second-order valence-corrected chi connectivity index (χ2v) is 10.4. The van der Waals surface area contributed by atoms with Gasteiger partial charge in [0, 0.05) is 27.3 Å². The quantitative estimate of drug-likeness (QED) is 0.352. The van der Waals surface area contributed by atoms with Crippen molar-refractivity contribution >= 4 is 21.8 Å². The van der Waals surface area contributed by atoms with Gasteiger partial charge >= 0.3 is 6.18 Å². The first-order valence-electron chi connectivity index (χ1n) is 12.0. The maximum atomic E-state index is 13.9. The van der Waals surface area contributed by atoms with Gasteiger partial charge in [0.1, 0.15) is 5.75 Å². The van der Waals surface area contributed by atoms with Crippen molar-refractivity contribution in [1.29, 1.82) is 0 Å². The van der Waals surface area contributed by atoms with E-state index in [1.807, 2.05) is 13.0 Å². The Morgan fingerprint density at radius 3 is 2.41 bits per heavy atom. The van der Waals surface area contributed by atoms with E-state index in [1.165, 1.54) is 38.4 Å². The molecule has 0 radical (unpaired) electrons. The third-order valence-corrected chi connectivity index (χ3v) is 7.37. The van der Waals surface area contributed by atoms with E-state index in [4.69, 9.17) is 4.98 Å². The highest BCUT2D eigenvalue weighted by atomic mass is 79.9. The molecule has 0 bridgehead atoms. The van der Waals surface area contributed by atoms with E-state index in [1.54, 1.807) is 26.0 Å². The lowest BCUT2D eigenvalue weighted by molar-refractivity contribution is -0.138. The van der Waals surface area contributed by atoms with Crippen LogP contribution in [-0.4, -0.2) is 41.3 Å². The fraction of sp³-hybridized carbons (Fsp3) is 0.259. The molecule has 0 aliphatic carbocycles. The maximum Gasteiger partial charge on any atom is 0.417 e. The number of aromatic nitrogens is 4. The molecule has 2 aromatic carbocycles. The van der Waals surface area contributed by atoms with Crippen LogP contribution >= 0.6 is 15.9 Å². The molecule has 0 saturated carbocycles. The third kappa shape index (κ3) is 4.84. The molecule has 1 atom stereocenters. The fourth-order valence-corrected chi connectivity index (χ4v) is 5.24. The highest BCUT2D eigenvalue weighted by molar-refractivity contribution is 9.10. The highest BCUT2D eigenvalue weighted by Crippen LogP contribution is 2.36. The minimum atomic E-state index is -4.63. The van der Waals surface area contributed by atoms with Crippen LogP contribution in [0, 0.1) is 13.8 Å². The standard InChI is InChI=1S/C27H23BrF3N5O3/c1-14-10-16(3)36(33-14)26-32-23-13-34(24(38)17-4-9-22(28)21(12-17)27(29,30)31)15(2)11-20(23)25(39)35(26)18-5-7-19(37)8-6-18/h4-10,12,15,37H,11,13H2,1-3H3/t15-/m1/s1. The number of nitrogens with zero attached hydrogens (tertiary/aromatic N) is 5. The van der Waals surface area contributed by atoms with Crippen LogP contribution in [-0.2, 0) is 19.1 Å². The Hall–Kier alpha value is -3.93. The molecule has 0 saturated heterocycles. The molecule has 2 aromatic heterocycles. The molecule has 0 fully saturated rings. The second kappa shape index (κ2) is 9.67. The summed E-state index contributed by atoms with van der Waals surface area (Å²) in [7, 11) is 0. The van der Waals surface area contributed by atoms with Gasteiger partial charge in [0.05, 0.1) is 29.2 Å². The van der Waals surface area contributed by atoms with Gasteiger partial charge in [-0.15, -0.1) is 0 Å². The van der Waals surface area contributed by atoms with Gasteiger partial charge in [-0.3, -0.25) is 9.59 Å². The molecule has 1 N–H and O–H groups in total. The molecule has 12 heteroatoms. The normalized spacial score (nSPS) is 15.4. The number of amides is 1. The van der Waals surface area contributed by atoms with Crippen molar-refractivity contribution in [3.8, 4) is 17.4 Å². The summed E-state index contributed by atoms with van der Waals surface area (Å²) < 4.78 is 43.2. The molecule has 8 nitrogen and oxygen atoms in total. The fourth-order valence-electron chi connectivity index (χ4n) is 4.77. The number of hydrogen-bond acceptors (Lipinski definition) is 5. The van der Waals surface area contributed by atoms with Crippen LogP contribution in [0.25, 0.3) is 11.6 Å². The van der Waals surface area contributed by atoms with Crippen molar-refractivity contribution in [2.45, 2.75) is 46.0 Å². The van der Waals surface area contributed by atoms with E-state index < -0.39 is 23.7 Å². The van der Waals surface area contributed by atoms with Gasteiger partial charge in [0.2, 0.25) is 5.95 Å². The molecule has 0 spiro atoms. The number of rotatable bonds is 3. The topological polar surface area (TPSA) is 93.2 Å². The average Bonchev–Trinajstić information content (AvgIpc) is 3.21. The zero-order chi connectivity index (χ0) is 28.2. The Morgan fingerprint density at radius 1 is 1.10 bits per heavy atom. The largest absolute Gasteiger partial charge is 0.508 e. The zero-order valence-electron chi connectivity index (χ0n) is 21.1. The molecule has 4 aromatic rings. The van der Waals surface area contributed by atoms with Crippen molar-refractivity contribution in [3.63, 3.8) is 0 Å². The summed E-state index contributed by atoms with van der Waals surface area (Å²) in [6.07, 6.45) is -4.48. The summed E-state index contributed by atoms with van der Waals surface area (Å²) in [5.74, 6) is -0.363. The molecule has 1 aliphatic rings. The van der Waals surface area contributed by atoms with Crippen molar-refractivity contribution < 1.29 is 23.1 Å². The van der Waals surface area contributed by atoms with Crippen LogP contribution in [0.4, 0.5) is 13.2 Å². The SMILES string of the molecule is Cc1cc(C)n(-c2nc3c(c(=O)n2-c2ccc(O)cc2)C[C@@H](C)N(C(=O)c2ccc(Br)c(C(F)(F)F)c2)C3)n1. The van der Waals surface area contributed by atoms with Crippen LogP contribution in [0.5, 0.6) is 5.75 Å². The van der Waals surface area contributed by atoms with E-state index >= 15 is 0 Å². The minimum absolute atomic E-state index is 0.0368. The van der Waals surface area contributed by atoms with Crippen molar-refractivity contribution in [1.82, 2.24) is 24.2 Å². The van der Waals surface area contributed by atoms with Crippen molar-refractivity contribution in [2.75, 3.05) is 0 Å². The van der Waals surface area contributed by atoms with Gasteiger partial charge in [0.25, 0.3) is 11.5 Å². The summed E-state index contributed by atoms with van der Waals surface area (Å²) in [5, 5.41) is 14.2. The molecule has 0 unspecified atom stereocenters. The number of phenols is 1. The molecule has 3 heterocycles. The van der Waals surface area contributed by atoms with E-state index in [0.717, 1.165) is 11.8 Å². The maximum absolute atomic E-state index is 13.9. The van der Waals surface area contributed by atoms with Crippen molar-refractivity contribution in [2.24, 2.45) is 0 Å². The van der Waals surface area contributed by atoms with Gasteiger partial charge < -0.3 is 10.0 Å². The first-order valence-corrected chi connectivity index (χ1v) is 12.8. The number of fused-ring (bicyclic) bond motifs is 1. The van der Waals surface area contributed by atoms with E-state index in [-0.39, 0.29) is 40.3 Å². The van der Waals surface area contributed by atoms with E-state index in [2.05, 4.69) is 21.0 Å². The Balaban J connectivity index is 1.62. The molecule has 5 rings (SSSR count). The predicted molar refractivity (Wildman–Crippen MR) is 140 cm³/mol. The average molecular weight is 602 g/mol. The summed E-state index contributed by atoms with van der Waals surface area (Å²) in [6.45, 7) is 5.30. The predicted octanol–water partition coefficient (Wildman–Crippen LogP) is 5.11. The van der Waals surface area contributed by atoms with Gasteiger partial charge in [-0.1, -0.05) is 15.9 Å². The second-order valence-electron chi connectivity index (χ2n) is 9.51. The van der Waals surface area contributed by atoms with Gasteiger partial charge in [-0.2, -0.15) is 18.3 Å². The van der Waals surface area contributed by atoms with E-state index in [9.17, 15) is 27.9 Å². The monoisotopic (exact) mass is 601 g/mol. The zero-order valence-corrected chi connectivity index (χ0v) is 22.7. The van der Waals surface area contributed by atoms with Crippen LogP contribution < -0.4 is 5.56 Å². The summed E-state index contributed by atoms with van der Waals surface area (Å²) in [5.41, 5.74) is 1.23.